The van der Waals surface area contributed by atoms with Crippen LogP contribution in [-0.2, 0) is 0 Å². The van der Waals surface area contributed by atoms with Gasteiger partial charge in [-0.15, -0.1) is 0 Å². The van der Waals surface area contributed by atoms with Gasteiger partial charge >= 0.3 is 0 Å². The zero-order chi connectivity index (χ0) is 8.67. The Morgan fingerprint density at radius 1 is 1.31 bits per heavy atom. The van der Waals surface area contributed by atoms with E-state index in [1.165, 1.54) is 38.2 Å². The number of hydrogen-bond donors (Lipinski definition) is 0. The Morgan fingerprint density at radius 2 is 2.15 bits per heavy atom. The average molecular weight is 177 g/mol. The Labute approximate surface area is 78.5 Å². The van der Waals surface area contributed by atoms with E-state index in [-0.39, 0.29) is 0 Å². The molecule has 2 heteroatoms. The van der Waals surface area contributed by atoms with Gasteiger partial charge in [-0.3, -0.25) is 0 Å². The Balaban J connectivity index is 1.85. The van der Waals surface area contributed by atoms with Crippen LogP contribution in [0.5, 0.6) is 0 Å². The zero-order valence-electron chi connectivity index (χ0n) is 7.78. The smallest absolute Gasteiger partial charge is 0.108 e. The molecule has 3 saturated heterocycles. The lowest BCUT2D eigenvalue weighted by Crippen LogP contribution is -2.46. The van der Waals surface area contributed by atoms with E-state index in [9.17, 15) is 0 Å². The molecule has 13 heavy (non-hydrogen) atoms. The summed E-state index contributed by atoms with van der Waals surface area (Å²) in [5.41, 5.74) is 0. The van der Waals surface area contributed by atoms with Crippen LogP contribution in [0.1, 0.15) is 24.5 Å². The number of fused-ring (bicyclic) bond motifs is 3. The molecular weight excluding hydrogens is 162 g/mol. The predicted octanol–water partition coefficient (Wildman–Crippen LogP) is 2.09. The van der Waals surface area contributed by atoms with Gasteiger partial charge in [-0.1, -0.05) is 0 Å². The normalized spacial score (nSPS) is 38.0. The van der Waals surface area contributed by atoms with Crippen molar-refractivity contribution in [3.63, 3.8) is 0 Å². The first-order chi connectivity index (χ1) is 6.43. The SMILES string of the molecule is c1coc(C2CN3CCC2CC3)c1. The maximum absolute atomic E-state index is 5.50. The van der Waals surface area contributed by atoms with E-state index in [0.29, 0.717) is 5.92 Å². The minimum atomic E-state index is 0.678. The first kappa shape index (κ1) is 7.63. The summed E-state index contributed by atoms with van der Waals surface area (Å²) in [6.07, 6.45) is 4.53. The van der Waals surface area contributed by atoms with Crippen LogP contribution < -0.4 is 0 Å². The maximum atomic E-state index is 5.50. The predicted molar refractivity (Wildman–Crippen MR) is 50.6 cm³/mol. The number of hydrogen-bond acceptors (Lipinski definition) is 2. The van der Waals surface area contributed by atoms with Crippen LogP contribution in [0, 0.1) is 5.92 Å². The fraction of sp³-hybridized carbons (Fsp3) is 0.636. The molecule has 3 aliphatic rings. The van der Waals surface area contributed by atoms with Crippen molar-refractivity contribution in [3.05, 3.63) is 24.2 Å². The molecule has 4 heterocycles. The molecule has 1 aromatic heterocycles. The topological polar surface area (TPSA) is 16.4 Å². The molecule has 4 rings (SSSR count). The lowest BCUT2D eigenvalue weighted by atomic mass is 9.78. The van der Waals surface area contributed by atoms with Gasteiger partial charge in [-0.05, 0) is 44.0 Å². The van der Waals surface area contributed by atoms with Crippen molar-refractivity contribution in [2.75, 3.05) is 19.6 Å². The van der Waals surface area contributed by atoms with E-state index in [1.807, 2.05) is 6.07 Å². The molecule has 0 aromatic carbocycles. The van der Waals surface area contributed by atoms with Gasteiger partial charge in [0.2, 0.25) is 0 Å². The van der Waals surface area contributed by atoms with Gasteiger partial charge in [0.15, 0.2) is 0 Å². The lowest BCUT2D eigenvalue weighted by molar-refractivity contribution is 0.0779. The van der Waals surface area contributed by atoms with Gasteiger partial charge in [-0.25, -0.2) is 0 Å². The Kier molecular flexibility index (Phi) is 1.69. The molecule has 0 aliphatic carbocycles. The summed E-state index contributed by atoms with van der Waals surface area (Å²) in [6.45, 7) is 3.84. The zero-order valence-corrected chi connectivity index (χ0v) is 7.78. The van der Waals surface area contributed by atoms with Gasteiger partial charge in [0.1, 0.15) is 5.76 Å². The van der Waals surface area contributed by atoms with Crippen LogP contribution in [0.25, 0.3) is 0 Å². The van der Waals surface area contributed by atoms with Crippen molar-refractivity contribution in [2.24, 2.45) is 5.92 Å². The summed E-state index contributed by atoms with van der Waals surface area (Å²) in [5, 5.41) is 0. The molecule has 1 atom stereocenters. The number of furan rings is 1. The van der Waals surface area contributed by atoms with Crippen LogP contribution in [0.2, 0.25) is 0 Å². The highest BCUT2D eigenvalue weighted by Gasteiger charge is 2.36. The van der Waals surface area contributed by atoms with Gasteiger partial charge < -0.3 is 9.32 Å². The third-order valence-electron chi connectivity index (χ3n) is 3.56. The number of nitrogens with zero attached hydrogens (tertiary/aromatic N) is 1. The molecule has 3 aliphatic heterocycles. The first-order valence-electron chi connectivity index (χ1n) is 5.19. The molecule has 0 saturated carbocycles. The van der Waals surface area contributed by atoms with E-state index in [4.69, 9.17) is 4.42 Å². The fourth-order valence-electron chi connectivity index (χ4n) is 2.79. The number of rotatable bonds is 1. The fourth-order valence-corrected chi connectivity index (χ4v) is 2.79. The van der Waals surface area contributed by atoms with Gasteiger partial charge in [0, 0.05) is 12.5 Å². The van der Waals surface area contributed by atoms with Gasteiger partial charge in [-0.2, -0.15) is 0 Å². The van der Waals surface area contributed by atoms with E-state index in [1.54, 1.807) is 6.26 Å². The summed E-state index contributed by atoms with van der Waals surface area (Å²) in [6, 6.07) is 4.14. The van der Waals surface area contributed by atoms with Crippen LogP contribution in [0.15, 0.2) is 22.8 Å². The second-order valence-electron chi connectivity index (χ2n) is 4.26. The molecule has 3 fully saturated rings. The summed E-state index contributed by atoms with van der Waals surface area (Å²) in [5.74, 6) is 2.77. The third-order valence-corrected chi connectivity index (χ3v) is 3.56. The molecule has 0 radical (unpaired) electrons. The Bertz CT molecular complexity index is 272. The van der Waals surface area contributed by atoms with Crippen LogP contribution in [0.3, 0.4) is 0 Å². The minimum absolute atomic E-state index is 0.678. The largest absolute Gasteiger partial charge is 0.469 e. The van der Waals surface area contributed by atoms with Crippen LogP contribution in [0.4, 0.5) is 0 Å². The van der Waals surface area contributed by atoms with Gasteiger partial charge in [0.05, 0.1) is 6.26 Å². The summed E-state index contributed by atoms with van der Waals surface area (Å²) >= 11 is 0. The third kappa shape index (κ3) is 1.20. The molecule has 0 spiro atoms. The molecule has 0 amide bonds. The minimum Gasteiger partial charge on any atom is -0.469 e. The molecule has 1 aromatic rings. The van der Waals surface area contributed by atoms with E-state index < -0.39 is 0 Å². The van der Waals surface area contributed by atoms with E-state index in [0.717, 1.165) is 5.92 Å². The molecular formula is C11H15NO. The molecule has 70 valence electrons. The average Bonchev–Trinajstić information content (AvgIpc) is 2.72. The second-order valence-corrected chi connectivity index (χ2v) is 4.26. The van der Waals surface area contributed by atoms with Crippen molar-refractivity contribution >= 4 is 0 Å². The van der Waals surface area contributed by atoms with Crippen molar-refractivity contribution in [1.29, 1.82) is 0 Å². The van der Waals surface area contributed by atoms with Crippen molar-refractivity contribution < 1.29 is 4.42 Å². The second kappa shape index (κ2) is 2.88. The summed E-state index contributed by atoms with van der Waals surface area (Å²) in [7, 11) is 0. The molecule has 1 unspecified atom stereocenters. The van der Waals surface area contributed by atoms with E-state index >= 15 is 0 Å². The molecule has 2 nitrogen and oxygen atoms in total. The Hall–Kier alpha value is -0.760. The monoisotopic (exact) mass is 177 g/mol. The number of piperidine rings is 3. The van der Waals surface area contributed by atoms with Crippen molar-refractivity contribution in [3.8, 4) is 0 Å². The van der Waals surface area contributed by atoms with Crippen molar-refractivity contribution in [2.45, 2.75) is 18.8 Å². The lowest BCUT2D eigenvalue weighted by Gasteiger charge is -2.43. The van der Waals surface area contributed by atoms with Crippen molar-refractivity contribution in [1.82, 2.24) is 4.90 Å². The first-order valence-corrected chi connectivity index (χ1v) is 5.19. The molecule has 2 bridgehead atoms. The van der Waals surface area contributed by atoms with Gasteiger partial charge in [0.25, 0.3) is 0 Å². The summed E-state index contributed by atoms with van der Waals surface area (Å²) in [4.78, 5) is 2.56. The standard InChI is InChI=1S/C11H15NO/c1-2-11(13-7-1)10-8-12-5-3-9(10)4-6-12/h1-2,7,9-10H,3-6,8H2. The highest BCUT2D eigenvalue weighted by molar-refractivity contribution is 5.10. The van der Waals surface area contributed by atoms with Crippen LogP contribution in [-0.4, -0.2) is 24.5 Å². The van der Waals surface area contributed by atoms with Crippen LogP contribution >= 0.6 is 0 Å². The molecule has 0 N–H and O–H groups in total. The maximum Gasteiger partial charge on any atom is 0.108 e. The quantitative estimate of drug-likeness (QED) is 0.653. The summed E-state index contributed by atoms with van der Waals surface area (Å²) < 4.78 is 5.50. The Morgan fingerprint density at radius 3 is 2.69 bits per heavy atom. The highest BCUT2D eigenvalue weighted by atomic mass is 16.3. The highest BCUT2D eigenvalue weighted by Crippen LogP contribution is 2.38. The van der Waals surface area contributed by atoms with E-state index in [2.05, 4.69) is 11.0 Å².